The van der Waals surface area contributed by atoms with Crippen LogP contribution in [0.2, 0.25) is 0 Å². The molecule has 1 aliphatic heterocycles. The molecule has 6 heteroatoms. The molecule has 1 aromatic heterocycles. The van der Waals surface area contributed by atoms with Crippen LogP contribution in [0.25, 0.3) is 0 Å². The highest BCUT2D eigenvalue weighted by molar-refractivity contribution is 5.68. The van der Waals surface area contributed by atoms with E-state index in [9.17, 15) is 10.1 Å². The Kier molecular flexibility index (Phi) is 5.92. The summed E-state index contributed by atoms with van der Waals surface area (Å²) in [6.07, 6.45) is 3.15. The second-order valence-corrected chi connectivity index (χ2v) is 6.90. The SMILES string of the molecule is Cc1c(C#N)ccnc1NC1CCC(C)N(C(=O)OCc2ccccc2)C1. The van der Waals surface area contributed by atoms with E-state index in [1.54, 1.807) is 17.2 Å². The van der Waals surface area contributed by atoms with Gasteiger partial charge in [0.2, 0.25) is 0 Å². The lowest BCUT2D eigenvalue weighted by Gasteiger charge is -2.37. The Balaban J connectivity index is 1.62. The molecule has 1 N–H and O–H groups in total. The molecule has 0 spiro atoms. The van der Waals surface area contributed by atoms with E-state index in [1.165, 1.54) is 0 Å². The van der Waals surface area contributed by atoms with E-state index in [0.717, 1.165) is 24.0 Å². The van der Waals surface area contributed by atoms with E-state index in [2.05, 4.69) is 16.4 Å². The predicted molar refractivity (Wildman–Crippen MR) is 103 cm³/mol. The molecule has 0 aliphatic carbocycles. The van der Waals surface area contributed by atoms with Crippen molar-refractivity contribution in [3.8, 4) is 6.07 Å². The van der Waals surface area contributed by atoms with Gasteiger partial charge in [-0.1, -0.05) is 30.3 Å². The minimum atomic E-state index is -0.298. The van der Waals surface area contributed by atoms with Gasteiger partial charge < -0.3 is 15.0 Å². The van der Waals surface area contributed by atoms with Gasteiger partial charge in [0.1, 0.15) is 12.4 Å². The first-order valence-electron chi connectivity index (χ1n) is 9.18. The Labute approximate surface area is 159 Å². The Morgan fingerprint density at radius 2 is 2.11 bits per heavy atom. The number of pyridine rings is 1. The lowest BCUT2D eigenvalue weighted by molar-refractivity contribution is 0.0696. The zero-order valence-electron chi connectivity index (χ0n) is 15.7. The van der Waals surface area contributed by atoms with Crippen LogP contribution < -0.4 is 5.32 Å². The zero-order valence-corrected chi connectivity index (χ0v) is 15.7. The number of likely N-dealkylation sites (tertiary alicyclic amines) is 1. The largest absolute Gasteiger partial charge is 0.445 e. The number of nitriles is 1. The summed E-state index contributed by atoms with van der Waals surface area (Å²) in [5.41, 5.74) is 2.41. The number of rotatable bonds is 4. The molecule has 3 rings (SSSR count). The molecule has 2 heterocycles. The number of benzene rings is 1. The molecular weight excluding hydrogens is 340 g/mol. The number of aromatic nitrogens is 1. The number of ether oxygens (including phenoxy) is 1. The van der Waals surface area contributed by atoms with Crippen molar-refractivity contribution in [3.05, 3.63) is 59.3 Å². The molecule has 2 aromatic rings. The molecule has 1 amide bonds. The monoisotopic (exact) mass is 364 g/mol. The summed E-state index contributed by atoms with van der Waals surface area (Å²) < 4.78 is 5.50. The van der Waals surface area contributed by atoms with Crippen molar-refractivity contribution in [3.63, 3.8) is 0 Å². The number of hydrogen-bond donors (Lipinski definition) is 1. The number of carbonyl (C=O) groups is 1. The number of carbonyl (C=O) groups excluding carboxylic acids is 1. The molecule has 6 nitrogen and oxygen atoms in total. The third kappa shape index (κ3) is 4.56. The third-order valence-corrected chi connectivity index (χ3v) is 4.99. The number of amides is 1. The minimum Gasteiger partial charge on any atom is -0.445 e. The van der Waals surface area contributed by atoms with Gasteiger partial charge in [-0.05, 0) is 38.3 Å². The summed E-state index contributed by atoms with van der Waals surface area (Å²) >= 11 is 0. The molecule has 0 saturated carbocycles. The Hall–Kier alpha value is -3.07. The highest BCUT2D eigenvalue weighted by Crippen LogP contribution is 2.23. The zero-order chi connectivity index (χ0) is 19.2. The fraction of sp³-hybridized carbons (Fsp3) is 0.381. The van der Waals surface area contributed by atoms with E-state index in [4.69, 9.17) is 4.74 Å². The van der Waals surface area contributed by atoms with E-state index in [0.29, 0.717) is 17.9 Å². The quantitative estimate of drug-likeness (QED) is 0.891. The average molecular weight is 364 g/mol. The smallest absolute Gasteiger partial charge is 0.410 e. The van der Waals surface area contributed by atoms with Gasteiger partial charge in [0, 0.05) is 30.4 Å². The summed E-state index contributed by atoms with van der Waals surface area (Å²) in [5, 5.41) is 12.6. The fourth-order valence-corrected chi connectivity index (χ4v) is 3.28. The van der Waals surface area contributed by atoms with Crippen molar-refractivity contribution in [2.75, 3.05) is 11.9 Å². The molecule has 1 aromatic carbocycles. The Morgan fingerprint density at radius 3 is 2.85 bits per heavy atom. The van der Waals surface area contributed by atoms with Crippen LogP contribution in [-0.4, -0.2) is 34.6 Å². The molecule has 2 atom stereocenters. The van der Waals surface area contributed by atoms with E-state index in [-0.39, 0.29) is 24.8 Å². The maximum atomic E-state index is 12.6. The molecule has 1 aliphatic rings. The van der Waals surface area contributed by atoms with Gasteiger partial charge in [0.25, 0.3) is 0 Å². The van der Waals surface area contributed by atoms with Gasteiger partial charge in [-0.2, -0.15) is 5.26 Å². The first-order chi connectivity index (χ1) is 13.1. The normalized spacial score (nSPS) is 19.2. The van der Waals surface area contributed by atoms with Gasteiger partial charge in [-0.3, -0.25) is 0 Å². The highest BCUT2D eigenvalue weighted by atomic mass is 16.6. The van der Waals surface area contributed by atoms with Gasteiger partial charge in [0.15, 0.2) is 0 Å². The number of nitrogens with zero attached hydrogens (tertiary/aromatic N) is 3. The van der Waals surface area contributed by atoms with Crippen LogP contribution in [0.1, 0.15) is 36.5 Å². The second kappa shape index (κ2) is 8.54. The number of anilines is 1. The van der Waals surface area contributed by atoms with Crippen molar-refractivity contribution in [2.24, 2.45) is 0 Å². The van der Waals surface area contributed by atoms with Crippen LogP contribution >= 0.6 is 0 Å². The number of hydrogen-bond acceptors (Lipinski definition) is 5. The molecule has 1 fully saturated rings. The Bertz CT molecular complexity index is 832. The average Bonchev–Trinajstić information content (AvgIpc) is 2.70. The van der Waals surface area contributed by atoms with Gasteiger partial charge in [-0.25, -0.2) is 9.78 Å². The summed E-state index contributed by atoms with van der Waals surface area (Å²) in [7, 11) is 0. The molecular formula is C21H24N4O2. The van der Waals surface area contributed by atoms with Crippen LogP contribution in [0, 0.1) is 18.3 Å². The molecule has 27 heavy (non-hydrogen) atoms. The number of nitrogens with one attached hydrogen (secondary N) is 1. The molecule has 2 unspecified atom stereocenters. The summed E-state index contributed by atoms with van der Waals surface area (Å²) in [6, 6.07) is 13.8. The van der Waals surface area contributed by atoms with Crippen molar-refractivity contribution in [1.82, 2.24) is 9.88 Å². The Morgan fingerprint density at radius 1 is 1.33 bits per heavy atom. The van der Waals surface area contributed by atoms with Crippen molar-refractivity contribution >= 4 is 11.9 Å². The molecule has 1 saturated heterocycles. The van der Waals surface area contributed by atoms with Crippen LogP contribution in [-0.2, 0) is 11.3 Å². The van der Waals surface area contributed by atoms with E-state index in [1.807, 2.05) is 44.2 Å². The predicted octanol–water partition coefficient (Wildman–Crippen LogP) is 3.86. The van der Waals surface area contributed by atoms with Gasteiger partial charge >= 0.3 is 6.09 Å². The maximum absolute atomic E-state index is 12.6. The summed E-state index contributed by atoms with van der Waals surface area (Å²) in [5.74, 6) is 0.700. The second-order valence-electron chi connectivity index (χ2n) is 6.90. The fourth-order valence-electron chi connectivity index (χ4n) is 3.28. The van der Waals surface area contributed by atoms with Crippen molar-refractivity contribution in [1.29, 1.82) is 5.26 Å². The standard InChI is InChI=1S/C21H24N4O2/c1-15-8-9-19(24-20-16(2)18(12-22)10-11-23-20)13-25(15)21(26)27-14-17-6-4-3-5-7-17/h3-7,10-11,15,19H,8-9,13-14H2,1-2H3,(H,23,24). The van der Waals surface area contributed by atoms with Gasteiger partial charge in [-0.15, -0.1) is 0 Å². The molecule has 0 radical (unpaired) electrons. The number of piperidine rings is 1. The first kappa shape index (κ1) is 18.7. The van der Waals surface area contributed by atoms with E-state index >= 15 is 0 Å². The van der Waals surface area contributed by atoms with Crippen LogP contribution in [0.5, 0.6) is 0 Å². The minimum absolute atomic E-state index is 0.0746. The topological polar surface area (TPSA) is 78.3 Å². The first-order valence-corrected chi connectivity index (χ1v) is 9.18. The maximum Gasteiger partial charge on any atom is 0.410 e. The highest BCUT2D eigenvalue weighted by Gasteiger charge is 2.30. The summed E-state index contributed by atoms with van der Waals surface area (Å²) in [6.45, 7) is 4.74. The van der Waals surface area contributed by atoms with Crippen LogP contribution in [0.4, 0.5) is 10.6 Å². The van der Waals surface area contributed by atoms with E-state index < -0.39 is 0 Å². The summed E-state index contributed by atoms with van der Waals surface area (Å²) in [4.78, 5) is 18.7. The van der Waals surface area contributed by atoms with Gasteiger partial charge in [0.05, 0.1) is 11.6 Å². The molecule has 0 bridgehead atoms. The van der Waals surface area contributed by atoms with Crippen molar-refractivity contribution < 1.29 is 9.53 Å². The lowest BCUT2D eigenvalue weighted by Crippen LogP contribution is -2.50. The lowest BCUT2D eigenvalue weighted by atomic mass is 9.99. The molecule has 140 valence electrons. The third-order valence-electron chi connectivity index (χ3n) is 4.99. The van der Waals surface area contributed by atoms with Crippen LogP contribution in [0.15, 0.2) is 42.6 Å². The van der Waals surface area contributed by atoms with Crippen LogP contribution in [0.3, 0.4) is 0 Å². The van der Waals surface area contributed by atoms with Crippen molar-refractivity contribution in [2.45, 2.75) is 45.4 Å².